The van der Waals surface area contributed by atoms with Gasteiger partial charge in [-0.15, -0.1) is 0 Å². The SMILES string of the molecule is CC1(C)N(c2ccc(-c3nc(-c4ccccc4)cc(-c4ccccc4)n3)cc2)c2nc3ccccc3n2C1(C)C. The Morgan fingerprint density at radius 1 is 0.525 bits per heavy atom. The summed E-state index contributed by atoms with van der Waals surface area (Å²) >= 11 is 0. The lowest BCUT2D eigenvalue weighted by atomic mass is 9.82. The topological polar surface area (TPSA) is 46.8 Å². The maximum atomic E-state index is 5.08. The second-order valence-electron chi connectivity index (χ2n) is 11.4. The average molecular weight is 522 g/mol. The highest BCUT2D eigenvalue weighted by molar-refractivity contribution is 5.83. The summed E-state index contributed by atoms with van der Waals surface area (Å²) in [5, 5.41) is 0. The number of nitrogens with zero attached hydrogens (tertiary/aromatic N) is 5. The Hall–Kier alpha value is -4.77. The Labute approximate surface area is 234 Å². The molecule has 6 aromatic rings. The van der Waals surface area contributed by atoms with Crippen molar-refractivity contribution in [3.8, 4) is 33.9 Å². The van der Waals surface area contributed by atoms with Gasteiger partial charge < -0.3 is 9.47 Å². The van der Waals surface area contributed by atoms with E-state index in [2.05, 4.69) is 116 Å². The van der Waals surface area contributed by atoms with Gasteiger partial charge in [0.15, 0.2) is 5.82 Å². The van der Waals surface area contributed by atoms with Crippen LogP contribution in [0, 0.1) is 0 Å². The standard InChI is InChI=1S/C35H31N5/c1-34(2)35(3,4)40-31-18-12-11-17-28(31)38-33(40)39(34)27-21-19-26(20-22-27)32-36-29(24-13-7-5-8-14-24)23-30(37-32)25-15-9-6-10-16-25/h5-23H,1-4H3. The summed E-state index contributed by atoms with van der Waals surface area (Å²) in [7, 11) is 0. The van der Waals surface area contributed by atoms with Crippen LogP contribution in [0.4, 0.5) is 11.6 Å². The van der Waals surface area contributed by atoms with E-state index in [-0.39, 0.29) is 11.1 Å². The minimum atomic E-state index is -0.203. The molecule has 0 aliphatic carbocycles. The van der Waals surface area contributed by atoms with Crippen LogP contribution in [0.5, 0.6) is 0 Å². The Morgan fingerprint density at radius 2 is 1.07 bits per heavy atom. The first-order chi connectivity index (χ1) is 19.3. The number of fused-ring (bicyclic) bond motifs is 3. The number of anilines is 2. The molecule has 0 saturated heterocycles. The molecule has 0 saturated carbocycles. The van der Waals surface area contributed by atoms with Crippen LogP contribution >= 0.6 is 0 Å². The number of benzene rings is 4. The molecule has 0 unspecified atom stereocenters. The highest BCUT2D eigenvalue weighted by Gasteiger charge is 2.53. The lowest BCUT2D eigenvalue weighted by Crippen LogP contribution is -2.50. The summed E-state index contributed by atoms with van der Waals surface area (Å²) in [4.78, 5) is 17.4. The maximum absolute atomic E-state index is 5.08. The fourth-order valence-corrected chi connectivity index (χ4v) is 5.80. The zero-order chi connectivity index (χ0) is 27.5. The largest absolute Gasteiger partial charge is 0.304 e. The molecule has 0 amide bonds. The predicted molar refractivity (Wildman–Crippen MR) is 164 cm³/mol. The quantitative estimate of drug-likeness (QED) is 0.233. The molecule has 0 N–H and O–H groups in total. The van der Waals surface area contributed by atoms with Gasteiger partial charge in [0.2, 0.25) is 5.95 Å². The molecule has 40 heavy (non-hydrogen) atoms. The van der Waals surface area contributed by atoms with Gasteiger partial charge in [-0.3, -0.25) is 0 Å². The summed E-state index contributed by atoms with van der Waals surface area (Å²) in [6.45, 7) is 9.19. The van der Waals surface area contributed by atoms with Gasteiger partial charge in [0, 0.05) is 22.4 Å². The number of imidazole rings is 1. The van der Waals surface area contributed by atoms with Crippen LogP contribution in [0.2, 0.25) is 0 Å². The molecule has 7 rings (SSSR count). The van der Waals surface area contributed by atoms with Crippen molar-refractivity contribution < 1.29 is 0 Å². The highest BCUT2D eigenvalue weighted by atomic mass is 15.4. The van der Waals surface area contributed by atoms with Crippen LogP contribution in [0.25, 0.3) is 44.9 Å². The molecular weight excluding hydrogens is 490 g/mol. The second kappa shape index (κ2) is 8.88. The van der Waals surface area contributed by atoms with E-state index in [4.69, 9.17) is 15.0 Å². The Morgan fingerprint density at radius 3 is 1.68 bits per heavy atom. The molecule has 1 aliphatic rings. The fraction of sp³-hybridized carbons (Fsp3) is 0.171. The highest BCUT2D eigenvalue weighted by Crippen LogP contribution is 2.51. The summed E-state index contributed by atoms with van der Waals surface area (Å²) in [5.41, 5.74) is 7.83. The van der Waals surface area contributed by atoms with E-state index < -0.39 is 0 Å². The lowest BCUT2D eigenvalue weighted by molar-refractivity contribution is 0.253. The number of para-hydroxylation sites is 2. The summed E-state index contributed by atoms with van der Waals surface area (Å²) in [5.74, 6) is 1.68. The van der Waals surface area contributed by atoms with Crippen molar-refractivity contribution in [2.75, 3.05) is 4.90 Å². The molecule has 196 valence electrons. The zero-order valence-corrected chi connectivity index (χ0v) is 23.2. The van der Waals surface area contributed by atoms with Crippen molar-refractivity contribution in [3.63, 3.8) is 0 Å². The van der Waals surface area contributed by atoms with Crippen LogP contribution in [0.15, 0.2) is 115 Å². The number of hydrogen-bond acceptors (Lipinski definition) is 4. The Balaban J connectivity index is 1.33. The smallest absolute Gasteiger partial charge is 0.212 e. The Bertz CT molecular complexity index is 1780. The monoisotopic (exact) mass is 521 g/mol. The van der Waals surface area contributed by atoms with Gasteiger partial charge in [0.05, 0.1) is 33.5 Å². The summed E-state index contributed by atoms with van der Waals surface area (Å²) in [6.07, 6.45) is 0. The van der Waals surface area contributed by atoms with Gasteiger partial charge in [0.25, 0.3) is 0 Å². The predicted octanol–water partition coefficient (Wildman–Crippen LogP) is 8.49. The molecule has 4 aromatic carbocycles. The molecule has 5 heteroatoms. The average Bonchev–Trinajstić information content (AvgIpc) is 3.44. The lowest BCUT2D eigenvalue weighted by Gasteiger charge is -2.41. The third-order valence-electron chi connectivity index (χ3n) is 8.61. The molecule has 0 spiro atoms. The minimum absolute atomic E-state index is 0.172. The molecule has 5 nitrogen and oxygen atoms in total. The van der Waals surface area contributed by atoms with Crippen molar-refractivity contribution in [1.29, 1.82) is 0 Å². The third-order valence-corrected chi connectivity index (χ3v) is 8.61. The van der Waals surface area contributed by atoms with E-state index in [1.807, 2.05) is 36.4 Å². The fourth-order valence-electron chi connectivity index (χ4n) is 5.80. The van der Waals surface area contributed by atoms with E-state index in [1.165, 1.54) is 0 Å². The second-order valence-corrected chi connectivity index (χ2v) is 11.4. The molecule has 0 radical (unpaired) electrons. The van der Waals surface area contributed by atoms with E-state index in [0.717, 1.165) is 50.7 Å². The summed E-state index contributed by atoms with van der Waals surface area (Å²) < 4.78 is 2.38. The third kappa shape index (κ3) is 3.65. The van der Waals surface area contributed by atoms with Crippen molar-refractivity contribution >= 4 is 22.7 Å². The first-order valence-electron chi connectivity index (χ1n) is 13.7. The van der Waals surface area contributed by atoms with Crippen molar-refractivity contribution in [3.05, 3.63) is 115 Å². The van der Waals surface area contributed by atoms with Crippen molar-refractivity contribution in [1.82, 2.24) is 19.5 Å². The normalized spacial score (nSPS) is 15.3. The van der Waals surface area contributed by atoms with Gasteiger partial charge in [-0.25, -0.2) is 15.0 Å². The van der Waals surface area contributed by atoms with Gasteiger partial charge in [-0.2, -0.15) is 0 Å². The van der Waals surface area contributed by atoms with Gasteiger partial charge in [0.1, 0.15) is 0 Å². The minimum Gasteiger partial charge on any atom is -0.304 e. The molecule has 0 fully saturated rings. The number of aromatic nitrogens is 4. The molecule has 2 aromatic heterocycles. The molecule has 0 bridgehead atoms. The van der Waals surface area contributed by atoms with Crippen molar-refractivity contribution in [2.45, 2.75) is 38.8 Å². The molecule has 1 aliphatic heterocycles. The Kier molecular flexibility index (Phi) is 5.39. The number of hydrogen-bond donors (Lipinski definition) is 0. The van der Waals surface area contributed by atoms with E-state index in [1.54, 1.807) is 0 Å². The molecule has 3 heterocycles. The zero-order valence-electron chi connectivity index (χ0n) is 23.2. The maximum Gasteiger partial charge on any atom is 0.212 e. The molecular formula is C35H31N5. The molecule has 0 atom stereocenters. The summed E-state index contributed by atoms with van der Waals surface area (Å²) in [6, 6.07) is 39.6. The first kappa shape index (κ1) is 24.3. The van der Waals surface area contributed by atoms with Gasteiger partial charge in [-0.05, 0) is 70.2 Å². The van der Waals surface area contributed by atoms with Crippen LogP contribution in [-0.4, -0.2) is 25.1 Å². The van der Waals surface area contributed by atoms with E-state index in [9.17, 15) is 0 Å². The number of rotatable bonds is 4. The van der Waals surface area contributed by atoms with Crippen LogP contribution in [0.3, 0.4) is 0 Å². The van der Waals surface area contributed by atoms with Crippen LogP contribution in [-0.2, 0) is 5.54 Å². The van der Waals surface area contributed by atoms with E-state index in [0.29, 0.717) is 5.82 Å². The van der Waals surface area contributed by atoms with Crippen LogP contribution in [0.1, 0.15) is 27.7 Å². The van der Waals surface area contributed by atoms with Crippen LogP contribution < -0.4 is 4.90 Å². The van der Waals surface area contributed by atoms with E-state index >= 15 is 0 Å². The first-order valence-corrected chi connectivity index (χ1v) is 13.7. The van der Waals surface area contributed by atoms with Crippen molar-refractivity contribution in [2.24, 2.45) is 0 Å². The van der Waals surface area contributed by atoms with Gasteiger partial charge >= 0.3 is 0 Å². The van der Waals surface area contributed by atoms with Gasteiger partial charge in [-0.1, -0.05) is 72.8 Å².